The van der Waals surface area contributed by atoms with Crippen molar-refractivity contribution in [2.24, 2.45) is 5.73 Å². The van der Waals surface area contributed by atoms with Gasteiger partial charge in [0.25, 0.3) is 0 Å². The monoisotopic (exact) mass is 268 g/mol. The number of ether oxygens (including phenoxy) is 3. The zero-order valence-corrected chi connectivity index (χ0v) is 12.5. The second-order valence-electron chi connectivity index (χ2n) is 4.99. The number of rotatable bonds is 6. The zero-order chi connectivity index (χ0) is 14.6. The molecule has 1 aromatic carbocycles. The third kappa shape index (κ3) is 3.30. The van der Waals surface area contributed by atoms with Gasteiger partial charge in [-0.05, 0) is 20.9 Å². The van der Waals surface area contributed by atoms with E-state index in [0.29, 0.717) is 17.2 Å². The second-order valence-corrected chi connectivity index (χ2v) is 4.99. The molecule has 0 aliphatic carbocycles. The third-order valence-electron chi connectivity index (χ3n) is 3.07. The lowest BCUT2D eigenvalue weighted by molar-refractivity contribution is 0.321. The van der Waals surface area contributed by atoms with Crippen molar-refractivity contribution >= 4 is 0 Å². The fraction of sp³-hybridized carbons (Fsp3) is 0.571. The van der Waals surface area contributed by atoms with Gasteiger partial charge in [0, 0.05) is 17.7 Å². The van der Waals surface area contributed by atoms with Gasteiger partial charge in [0.05, 0.1) is 32.9 Å². The van der Waals surface area contributed by atoms with E-state index < -0.39 is 5.54 Å². The molecule has 0 amide bonds. The number of nitrogens with two attached hydrogens (primary N) is 1. The maximum Gasteiger partial charge on any atom is 0.131 e. The van der Waals surface area contributed by atoms with Gasteiger partial charge in [0.2, 0.25) is 0 Å². The van der Waals surface area contributed by atoms with E-state index in [1.165, 1.54) is 0 Å². The minimum absolute atomic E-state index is 0.108. The Balaban J connectivity index is 3.46. The smallest absolute Gasteiger partial charge is 0.131 e. The highest BCUT2D eigenvalue weighted by Crippen LogP contribution is 2.41. The van der Waals surface area contributed by atoms with Crippen LogP contribution in [0.1, 0.15) is 25.5 Å². The average Bonchev–Trinajstić information content (AvgIpc) is 2.37. The van der Waals surface area contributed by atoms with Crippen LogP contribution in [0.5, 0.6) is 17.2 Å². The van der Waals surface area contributed by atoms with Gasteiger partial charge in [0.15, 0.2) is 0 Å². The standard InChI is InChI=1S/C14H24N2O3/c1-14(2,15)13(16-3)12-10(18-5)7-9(17-4)8-11(12)19-6/h7-8,13,16H,15H2,1-6H3. The molecule has 0 radical (unpaired) electrons. The zero-order valence-electron chi connectivity index (χ0n) is 12.5. The van der Waals surface area contributed by atoms with Crippen molar-refractivity contribution in [3.05, 3.63) is 17.7 Å². The van der Waals surface area contributed by atoms with Crippen LogP contribution >= 0.6 is 0 Å². The van der Waals surface area contributed by atoms with E-state index in [1.54, 1.807) is 21.3 Å². The Bertz CT molecular complexity index is 402. The minimum Gasteiger partial charge on any atom is -0.496 e. The molecule has 3 N–H and O–H groups in total. The normalized spacial score (nSPS) is 13.0. The molecule has 5 heteroatoms. The summed E-state index contributed by atoms with van der Waals surface area (Å²) in [6.07, 6.45) is 0. The van der Waals surface area contributed by atoms with Gasteiger partial charge >= 0.3 is 0 Å². The van der Waals surface area contributed by atoms with E-state index in [4.69, 9.17) is 19.9 Å². The predicted octanol–water partition coefficient (Wildman–Crippen LogP) is 1.71. The molecule has 108 valence electrons. The van der Waals surface area contributed by atoms with Crippen molar-refractivity contribution in [3.63, 3.8) is 0 Å². The second kappa shape index (κ2) is 6.12. The summed E-state index contributed by atoms with van der Waals surface area (Å²) in [5, 5.41) is 3.22. The molecule has 0 spiro atoms. The molecule has 0 aliphatic rings. The molecular weight excluding hydrogens is 244 g/mol. The molecular formula is C14H24N2O3. The molecule has 0 saturated carbocycles. The largest absolute Gasteiger partial charge is 0.496 e. The van der Waals surface area contributed by atoms with E-state index in [0.717, 1.165) is 5.56 Å². The van der Waals surface area contributed by atoms with Crippen molar-refractivity contribution < 1.29 is 14.2 Å². The quantitative estimate of drug-likeness (QED) is 0.822. The van der Waals surface area contributed by atoms with Crippen LogP contribution in [0.25, 0.3) is 0 Å². The summed E-state index contributed by atoms with van der Waals surface area (Å²) in [6, 6.07) is 3.55. The van der Waals surface area contributed by atoms with Crippen LogP contribution in [0.2, 0.25) is 0 Å². The van der Waals surface area contributed by atoms with Gasteiger partial charge < -0.3 is 25.3 Å². The maximum absolute atomic E-state index is 6.24. The van der Waals surface area contributed by atoms with Gasteiger partial charge in [-0.25, -0.2) is 0 Å². The lowest BCUT2D eigenvalue weighted by Crippen LogP contribution is -2.45. The number of likely N-dealkylation sites (N-methyl/N-ethyl adjacent to an activating group) is 1. The summed E-state index contributed by atoms with van der Waals surface area (Å²) in [5.41, 5.74) is 6.66. The van der Waals surface area contributed by atoms with Crippen LogP contribution in [0, 0.1) is 0 Å². The molecule has 1 rings (SSSR count). The van der Waals surface area contributed by atoms with Crippen LogP contribution in [-0.2, 0) is 0 Å². The van der Waals surface area contributed by atoms with Gasteiger partial charge in [-0.3, -0.25) is 0 Å². The van der Waals surface area contributed by atoms with Gasteiger partial charge in [-0.15, -0.1) is 0 Å². The van der Waals surface area contributed by atoms with Crippen molar-refractivity contribution in [2.75, 3.05) is 28.4 Å². The molecule has 1 aromatic rings. The third-order valence-corrected chi connectivity index (χ3v) is 3.07. The highest BCUT2D eigenvalue weighted by Gasteiger charge is 2.31. The molecule has 0 heterocycles. The first kappa shape index (κ1) is 15.6. The first-order chi connectivity index (χ1) is 8.88. The Hall–Kier alpha value is -1.46. The fourth-order valence-electron chi connectivity index (χ4n) is 2.21. The lowest BCUT2D eigenvalue weighted by Gasteiger charge is -2.32. The Morgan fingerprint density at radius 3 is 1.79 bits per heavy atom. The molecule has 0 fully saturated rings. The topological polar surface area (TPSA) is 65.7 Å². The number of benzene rings is 1. The van der Waals surface area contributed by atoms with Crippen LogP contribution in [0.15, 0.2) is 12.1 Å². The predicted molar refractivity (Wildman–Crippen MR) is 76.2 cm³/mol. The highest BCUT2D eigenvalue weighted by molar-refractivity contribution is 5.53. The van der Waals surface area contributed by atoms with Gasteiger partial charge in [0.1, 0.15) is 17.2 Å². The molecule has 0 saturated heterocycles. The molecule has 5 nitrogen and oxygen atoms in total. The number of hydrogen-bond donors (Lipinski definition) is 2. The molecule has 0 aromatic heterocycles. The Labute approximate surface area is 115 Å². The average molecular weight is 268 g/mol. The van der Waals surface area contributed by atoms with Gasteiger partial charge in [-0.1, -0.05) is 0 Å². The first-order valence-electron chi connectivity index (χ1n) is 6.15. The van der Waals surface area contributed by atoms with Crippen LogP contribution in [0.4, 0.5) is 0 Å². The van der Waals surface area contributed by atoms with E-state index in [2.05, 4.69) is 5.32 Å². The summed E-state index contributed by atoms with van der Waals surface area (Å²) < 4.78 is 16.1. The Kier molecular flexibility index (Phi) is 5.03. The van der Waals surface area contributed by atoms with E-state index in [1.807, 2.05) is 33.0 Å². The van der Waals surface area contributed by atoms with E-state index in [-0.39, 0.29) is 6.04 Å². The summed E-state index contributed by atoms with van der Waals surface area (Å²) in [6.45, 7) is 3.91. The molecule has 0 aliphatic heterocycles. The molecule has 19 heavy (non-hydrogen) atoms. The van der Waals surface area contributed by atoms with Gasteiger partial charge in [-0.2, -0.15) is 0 Å². The summed E-state index contributed by atoms with van der Waals surface area (Å²) in [4.78, 5) is 0. The van der Waals surface area contributed by atoms with Crippen molar-refractivity contribution in [1.29, 1.82) is 0 Å². The van der Waals surface area contributed by atoms with Crippen molar-refractivity contribution in [3.8, 4) is 17.2 Å². The van der Waals surface area contributed by atoms with Crippen LogP contribution in [0.3, 0.4) is 0 Å². The minimum atomic E-state index is -0.468. The van der Waals surface area contributed by atoms with Crippen LogP contribution in [-0.4, -0.2) is 33.9 Å². The summed E-state index contributed by atoms with van der Waals surface area (Å²) in [5.74, 6) is 2.06. The lowest BCUT2D eigenvalue weighted by atomic mass is 9.88. The number of nitrogens with one attached hydrogen (secondary N) is 1. The van der Waals surface area contributed by atoms with Crippen LogP contribution < -0.4 is 25.3 Å². The number of hydrogen-bond acceptors (Lipinski definition) is 5. The Morgan fingerprint density at radius 1 is 1.05 bits per heavy atom. The van der Waals surface area contributed by atoms with Crippen molar-refractivity contribution in [2.45, 2.75) is 25.4 Å². The summed E-state index contributed by atoms with van der Waals surface area (Å²) in [7, 11) is 6.71. The Morgan fingerprint density at radius 2 is 1.53 bits per heavy atom. The van der Waals surface area contributed by atoms with Crippen molar-refractivity contribution in [1.82, 2.24) is 5.32 Å². The first-order valence-corrected chi connectivity index (χ1v) is 6.15. The molecule has 0 bridgehead atoms. The maximum atomic E-state index is 6.24. The fourth-order valence-corrected chi connectivity index (χ4v) is 2.21. The summed E-state index contributed by atoms with van der Waals surface area (Å²) >= 11 is 0. The highest BCUT2D eigenvalue weighted by atomic mass is 16.5. The van der Waals surface area contributed by atoms with E-state index >= 15 is 0 Å². The molecule has 1 unspecified atom stereocenters. The SMILES string of the molecule is CNC(c1c(OC)cc(OC)cc1OC)C(C)(C)N. The number of methoxy groups -OCH3 is 3. The van der Waals surface area contributed by atoms with E-state index in [9.17, 15) is 0 Å². The molecule has 1 atom stereocenters.